The lowest BCUT2D eigenvalue weighted by atomic mass is 10.0. The largest absolute Gasteiger partial charge is 0.444 e. The van der Waals surface area contributed by atoms with Crippen LogP contribution >= 0.6 is 11.6 Å². The molecule has 2 aliphatic heterocycles. The number of benzene rings is 2. The van der Waals surface area contributed by atoms with Crippen molar-refractivity contribution in [3.05, 3.63) is 58.6 Å². The van der Waals surface area contributed by atoms with E-state index in [9.17, 15) is 22.8 Å². The summed E-state index contributed by atoms with van der Waals surface area (Å²) in [6.07, 6.45) is 0.0139. The summed E-state index contributed by atoms with van der Waals surface area (Å²) in [7, 11) is -4.04. The van der Waals surface area contributed by atoms with E-state index < -0.39 is 39.2 Å². The lowest BCUT2D eigenvalue weighted by Gasteiger charge is -2.27. The SMILES string of the molecule is CC(C)(C)OC(=O)N[C@H]1CS(=O)(=O)c2ccc(C(=O)CCCN3CCOCC3)cc2N(Cc2ccc(Cl)cc2)C1=O. The van der Waals surface area contributed by atoms with Gasteiger partial charge in [0, 0.05) is 30.1 Å². The molecule has 0 radical (unpaired) electrons. The molecular weight excluding hydrogens is 570 g/mol. The molecular formula is C29H36ClN3O7S. The number of sulfone groups is 1. The van der Waals surface area contributed by atoms with Crippen LogP contribution in [-0.4, -0.2) is 81.3 Å². The Kier molecular flexibility index (Phi) is 9.73. The molecule has 0 unspecified atom stereocenters. The predicted molar refractivity (Wildman–Crippen MR) is 155 cm³/mol. The van der Waals surface area contributed by atoms with E-state index in [2.05, 4.69) is 10.2 Å². The molecule has 1 saturated heterocycles. The zero-order chi connectivity index (χ0) is 29.8. The Bertz CT molecular complexity index is 1380. The van der Waals surface area contributed by atoms with Crippen molar-refractivity contribution in [3.63, 3.8) is 0 Å². The van der Waals surface area contributed by atoms with Gasteiger partial charge < -0.3 is 19.7 Å². The third-order valence-electron chi connectivity index (χ3n) is 6.78. The van der Waals surface area contributed by atoms with Gasteiger partial charge in [-0.2, -0.15) is 0 Å². The number of hydrogen-bond donors (Lipinski definition) is 1. The minimum absolute atomic E-state index is 0.000302. The normalized spacial score (nSPS) is 19.3. The minimum atomic E-state index is -4.04. The van der Waals surface area contributed by atoms with Crippen LogP contribution in [0.15, 0.2) is 47.4 Å². The second-order valence-corrected chi connectivity index (χ2v) is 13.6. The highest BCUT2D eigenvalue weighted by Gasteiger charge is 2.39. The number of anilines is 1. The molecule has 2 aliphatic rings. The van der Waals surface area contributed by atoms with Gasteiger partial charge in [0.25, 0.3) is 5.91 Å². The van der Waals surface area contributed by atoms with E-state index in [0.717, 1.165) is 19.6 Å². The molecule has 0 aliphatic carbocycles. The summed E-state index contributed by atoms with van der Waals surface area (Å²) in [6.45, 7) is 8.76. The molecule has 12 heteroatoms. The Balaban J connectivity index is 1.64. The van der Waals surface area contributed by atoms with Crippen molar-refractivity contribution in [2.75, 3.05) is 43.5 Å². The summed E-state index contributed by atoms with van der Waals surface area (Å²) in [5.41, 5.74) is 0.247. The number of morpholine rings is 1. The number of rotatable bonds is 8. The van der Waals surface area contributed by atoms with Crippen LogP contribution in [-0.2, 0) is 30.7 Å². The van der Waals surface area contributed by atoms with Gasteiger partial charge in [0.1, 0.15) is 11.6 Å². The van der Waals surface area contributed by atoms with Crippen LogP contribution in [0.2, 0.25) is 5.02 Å². The first-order chi connectivity index (χ1) is 19.3. The van der Waals surface area contributed by atoms with Crippen molar-refractivity contribution in [3.8, 4) is 0 Å². The molecule has 41 heavy (non-hydrogen) atoms. The third-order valence-corrected chi connectivity index (χ3v) is 8.82. The van der Waals surface area contributed by atoms with E-state index in [-0.39, 0.29) is 29.3 Å². The lowest BCUT2D eigenvalue weighted by Crippen LogP contribution is -2.51. The molecule has 222 valence electrons. The molecule has 4 rings (SSSR count). The van der Waals surface area contributed by atoms with Gasteiger partial charge in [-0.1, -0.05) is 23.7 Å². The van der Waals surface area contributed by atoms with E-state index in [4.69, 9.17) is 21.1 Å². The molecule has 0 aromatic heterocycles. The number of nitrogens with zero attached hydrogens (tertiary/aromatic N) is 2. The second kappa shape index (κ2) is 12.9. The Morgan fingerprint density at radius 3 is 2.44 bits per heavy atom. The highest BCUT2D eigenvalue weighted by molar-refractivity contribution is 7.91. The number of amides is 2. The van der Waals surface area contributed by atoms with Crippen LogP contribution in [0.5, 0.6) is 0 Å². The van der Waals surface area contributed by atoms with Crippen LogP contribution < -0.4 is 10.2 Å². The fourth-order valence-electron chi connectivity index (χ4n) is 4.77. The van der Waals surface area contributed by atoms with Crippen LogP contribution in [0.1, 0.15) is 49.5 Å². The number of hydrogen-bond acceptors (Lipinski definition) is 8. The minimum Gasteiger partial charge on any atom is -0.444 e. The van der Waals surface area contributed by atoms with Gasteiger partial charge >= 0.3 is 6.09 Å². The number of carbonyl (C=O) groups is 3. The maximum Gasteiger partial charge on any atom is 0.408 e. The number of Topliss-reactive ketones (excluding diaryl/α,β-unsaturated/α-hetero) is 1. The monoisotopic (exact) mass is 605 g/mol. The molecule has 0 bridgehead atoms. The van der Waals surface area contributed by atoms with Gasteiger partial charge in [-0.05, 0) is 69.6 Å². The van der Waals surface area contributed by atoms with Gasteiger partial charge in [0.05, 0.1) is 36.1 Å². The molecule has 1 N–H and O–H groups in total. The van der Waals surface area contributed by atoms with Gasteiger partial charge in [-0.3, -0.25) is 14.5 Å². The zero-order valence-corrected chi connectivity index (χ0v) is 25.1. The van der Waals surface area contributed by atoms with Crippen LogP contribution in [0, 0.1) is 0 Å². The summed E-state index contributed by atoms with van der Waals surface area (Å²) in [4.78, 5) is 43.0. The fourth-order valence-corrected chi connectivity index (χ4v) is 6.51. The standard InChI is InChI=1S/C29H36ClN3O7S/c1-29(2,3)40-28(36)31-23-19-41(37,38)26-11-8-21(25(34)5-4-12-32-13-15-39-16-14-32)17-24(26)33(27(23)35)18-20-6-9-22(30)10-7-20/h6-11,17,23H,4-5,12-16,18-19H2,1-3H3,(H,31,36)/t23-/m0/s1. The molecule has 10 nitrogen and oxygen atoms in total. The third kappa shape index (κ3) is 8.28. The number of alkyl carbamates (subject to hydrolysis) is 1. The molecule has 2 amide bonds. The summed E-state index contributed by atoms with van der Waals surface area (Å²) in [5.74, 6) is -1.43. The Hall–Kier alpha value is -2.99. The van der Waals surface area contributed by atoms with Gasteiger partial charge in [0.15, 0.2) is 15.6 Å². The van der Waals surface area contributed by atoms with Crippen molar-refractivity contribution in [1.29, 1.82) is 0 Å². The molecule has 0 saturated carbocycles. The Morgan fingerprint density at radius 2 is 1.78 bits per heavy atom. The van der Waals surface area contributed by atoms with E-state index in [1.165, 1.54) is 23.1 Å². The first-order valence-corrected chi connectivity index (χ1v) is 15.6. The predicted octanol–water partition coefficient (Wildman–Crippen LogP) is 3.85. The zero-order valence-electron chi connectivity index (χ0n) is 23.5. The number of carbonyl (C=O) groups excluding carboxylic acids is 3. The van der Waals surface area contributed by atoms with Crippen molar-refractivity contribution in [1.82, 2.24) is 10.2 Å². The van der Waals surface area contributed by atoms with E-state index in [1.807, 2.05) is 0 Å². The highest BCUT2D eigenvalue weighted by Crippen LogP contribution is 2.33. The average Bonchev–Trinajstić information content (AvgIpc) is 2.97. The van der Waals surface area contributed by atoms with E-state index in [0.29, 0.717) is 35.8 Å². The van der Waals surface area contributed by atoms with Crippen LogP contribution in [0.25, 0.3) is 0 Å². The first-order valence-electron chi connectivity index (χ1n) is 13.6. The number of ether oxygens (including phenoxy) is 2. The average molecular weight is 606 g/mol. The number of ketones is 1. The Morgan fingerprint density at radius 1 is 1.10 bits per heavy atom. The fraction of sp³-hybridized carbons (Fsp3) is 0.483. The summed E-state index contributed by atoms with van der Waals surface area (Å²) >= 11 is 6.04. The lowest BCUT2D eigenvalue weighted by molar-refractivity contribution is -0.120. The maximum atomic E-state index is 13.9. The smallest absolute Gasteiger partial charge is 0.408 e. The van der Waals surface area contributed by atoms with Crippen LogP contribution in [0.3, 0.4) is 0 Å². The summed E-state index contributed by atoms with van der Waals surface area (Å²) < 4.78 is 37.6. The molecule has 2 heterocycles. The molecule has 1 fully saturated rings. The quantitative estimate of drug-likeness (QED) is 0.450. The van der Waals surface area contributed by atoms with Crippen molar-refractivity contribution >= 4 is 44.9 Å². The number of fused-ring (bicyclic) bond motifs is 1. The summed E-state index contributed by atoms with van der Waals surface area (Å²) in [5, 5.41) is 2.95. The highest BCUT2D eigenvalue weighted by atomic mass is 35.5. The van der Waals surface area contributed by atoms with Crippen molar-refractivity contribution in [2.45, 2.75) is 56.7 Å². The first kappa shape index (κ1) is 31.0. The molecule has 1 atom stereocenters. The molecule has 0 spiro atoms. The maximum absolute atomic E-state index is 13.9. The van der Waals surface area contributed by atoms with Gasteiger partial charge in [-0.25, -0.2) is 13.2 Å². The second-order valence-electron chi connectivity index (χ2n) is 11.2. The van der Waals surface area contributed by atoms with Gasteiger partial charge in [-0.15, -0.1) is 0 Å². The molecule has 2 aromatic carbocycles. The van der Waals surface area contributed by atoms with Crippen molar-refractivity contribution < 1.29 is 32.3 Å². The topological polar surface area (TPSA) is 122 Å². The van der Waals surface area contributed by atoms with E-state index >= 15 is 0 Å². The Labute approximate surface area is 245 Å². The molecule has 2 aromatic rings. The van der Waals surface area contributed by atoms with E-state index in [1.54, 1.807) is 45.0 Å². The van der Waals surface area contributed by atoms with Crippen molar-refractivity contribution in [2.24, 2.45) is 0 Å². The number of halogens is 1. The number of nitrogens with one attached hydrogen (secondary N) is 1. The van der Waals surface area contributed by atoms with Crippen LogP contribution in [0.4, 0.5) is 10.5 Å². The summed E-state index contributed by atoms with van der Waals surface area (Å²) in [6, 6.07) is 9.72. The van der Waals surface area contributed by atoms with Gasteiger partial charge in [0.2, 0.25) is 0 Å².